The number of aromatic nitrogens is 1. The second-order valence-electron chi connectivity index (χ2n) is 8.37. The van der Waals surface area contributed by atoms with Gasteiger partial charge in [-0.1, -0.05) is 43.2 Å². The van der Waals surface area contributed by atoms with Gasteiger partial charge in [0.2, 0.25) is 0 Å². The van der Waals surface area contributed by atoms with Crippen LogP contribution in [0.4, 0.5) is 0 Å². The maximum Gasteiger partial charge on any atom is 0.305 e. The van der Waals surface area contributed by atoms with Gasteiger partial charge in [-0.05, 0) is 61.4 Å². The minimum atomic E-state index is -0.0282. The molecule has 0 saturated heterocycles. The number of rotatable bonds is 9. The topological polar surface area (TPSA) is 88.6 Å². The van der Waals surface area contributed by atoms with Gasteiger partial charge in [-0.2, -0.15) is 0 Å². The number of phenolic OH excluding ortho intramolecular Hbond substituents is 2. The number of aromatic amines is 1. The quantitative estimate of drug-likeness (QED) is 0.228. The van der Waals surface area contributed by atoms with Crippen LogP contribution in [-0.2, 0) is 19.3 Å². The number of H-pyrrole nitrogens is 1. The first kappa shape index (κ1) is 21.9. The van der Waals surface area contributed by atoms with Crippen LogP contribution in [0, 0.1) is 0 Å². The van der Waals surface area contributed by atoms with Gasteiger partial charge >= 0.3 is 4.87 Å². The summed E-state index contributed by atoms with van der Waals surface area (Å²) in [5.41, 5.74) is 7.81. The lowest BCUT2D eigenvalue weighted by Crippen LogP contribution is -2.49. The predicted molar refractivity (Wildman–Crippen MR) is 126 cm³/mol. The standard InChI is InChI=1S/C24H31N3O3S/c1-2-3-4-13-27(18-7-8-19-17(15-18)6-10-21(28)23(19)29)25-12-11-16-5-9-20-22(14-16)31-24(30)26-20/h5-6,9-10,14,18,25,28-29H,2-4,7-8,11-13,15H2,1H3,(H,26,30). The van der Waals surface area contributed by atoms with Crippen LogP contribution in [-0.4, -0.2) is 39.3 Å². The van der Waals surface area contributed by atoms with Gasteiger partial charge in [0.25, 0.3) is 0 Å². The minimum absolute atomic E-state index is 0.00990. The Balaban J connectivity index is 1.40. The minimum Gasteiger partial charge on any atom is -0.504 e. The summed E-state index contributed by atoms with van der Waals surface area (Å²) in [7, 11) is 0. The van der Waals surface area contributed by atoms with Gasteiger partial charge in [-0.15, -0.1) is 0 Å². The Morgan fingerprint density at radius 3 is 2.94 bits per heavy atom. The number of benzene rings is 2. The lowest BCUT2D eigenvalue weighted by molar-refractivity contribution is 0.109. The third-order valence-corrected chi connectivity index (χ3v) is 7.04. The van der Waals surface area contributed by atoms with E-state index in [1.54, 1.807) is 6.07 Å². The number of hydrazine groups is 1. The lowest BCUT2D eigenvalue weighted by Gasteiger charge is -2.36. The Bertz CT molecular complexity index is 1090. The van der Waals surface area contributed by atoms with Crippen molar-refractivity contribution in [1.82, 2.24) is 15.4 Å². The summed E-state index contributed by atoms with van der Waals surface area (Å²) in [6.45, 7) is 4.05. The van der Waals surface area contributed by atoms with E-state index in [4.69, 9.17) is 0 Å². The van der Waals surface area contributed by atoms with Crippen molar-refractivity contribution in [1.29, 1.82) is 0 Å². The molecule has 1 heterocycles. The Hall–Kier alpha value is -2.35. The Labute approximate surface area is 186 Å². The van der Waals surface area contributed by atoms with E-state index in [0.29, 0.717) is 6.04 Å². The van der Waals surface area contributed by atoms with E-state index in [0.717, 1.165) is 66.5 Å². The molecule has 3 aromatic rings. The molecule has 0 saturated carbocycles. The molecule has 0 bridgehead atoms. The molecule has 1 atom stereocenters. The number of hydrogen-bond donors (Lipinski definition) is 4. The zero-order valence-electron chi connectivity index (χ0n) is 18.0. The number of unbranched alkanes of at least 4 members (excludes halogenated alkanes) is 2. The van der Waals surface area contributed by atoms with Gasteiger partial charge < -0.3 is 15.2 Å². The van der Waals surface area contributed by atoms with Crippen LogP contribution in [0.25, 0.3) is 10.2 Å². The molecular weight excluding hydrogens is 410 g/mol. The van der Waals surface area contributed by atoms with E-state index in [9.17, 15) is 15.0 Å². The van der Waals surface area contributed by atoms with Gasteiger partial charge in [0.15, 0.2) is 11.5 Å². The fraction of sp³-hybridized carbons (Fsp3) is 0.458. The molecule has 0 amide bonds. The van der Waals surface area contributed by atoms with Crippen molar-refractivity contribution in [2.75, 3.05) is 13.1 Å². The lowest BCUT2D eigenvalue weighted by atomic mass is 9.87. The molecule has 0 spiro atoms. The number of phenols is 2. The summed E-state index contributed by atoms with van der Waals surface area (Å²) in [5, 5.41) is 22.4. The van der Waals surface area contributed by atoms with Crippen molar-refractivity contribution in [3.05, 3.63) is 56.7 Å². The fourth-order valence-electron chi connectivity index (χ4n) is 4.48. The average molecular weight is 442 g/mol. The fourth-order valence-corrected chi connectivity index (χ4v) is 5.28. The summed E-state index contributed by atoms with van der Waals surface area (Å²) >= 11 is 1.26. The van der Waals surface area contributed by atoms with E-state index in [2.05, 4.69) is 34.5 Å². The second-order valence-corrected chi connectivity index (χ2v) is 9.39. The van der Waals surface area contributed by atoms with Crippen LogP contribution in [0.1, 0.15) is 49.3 Å². The summed E-state index contributed by atoms with van der Waals surface area (Å²) in [6.07, 6.45) is 7.03. The summed E-state index contributed by atoms with van der Waals surface area (Å²) < 4.78 is 1.01. The molecule has 0 radical (unpaired) electrons. The third kappa shape index (κ3) is 5.11. The van der Waals surface area contributed by atoms with Crippen molar-refractivity contribution in [3.63, 3.8) is 0 Å². The van der Waals surface area contributed by atoms with Crippen LogP contribution in [0.15, 0.2) is 35.1 Å². The van der Waals surface area contributed by atoms with E-state index < -0.39 is 0 Å². The number of thiazole rings is 1. The van der Waals surface area contributed by atoms with Gasteiger partial charge in [0, 0.05) is 24.7 Å². The molecule has 1 aliphatic rings. The molecule has 31 heavy (non-hydrogen) atoms. The molecule has 4 rings (SSSR count). The van der Waals surface area contributed by atoms with Crippen LogP contribution in [0.2, 0.25) is 0 Å². The Kier molecular flexibility index (Phi) is 6.95. The van der Waals surface area contributed by atoms with E-state index in [1.807, 2.05) is 12.1 Å². The molecule has 2 aromatic carbocycles. The SMILES string of the molecule is CCCCCN(NCCc1ccc2[nH]c(=O)sc2c1)C1CCc2c(ccc(O)c2O)C1. The number of aromatic hydroxyl groups is 2. The molecule has 1 aromatic heterocycles. The molecule has 166 valence electrons. The molecular formula is C24H31N3O3S. The number of hydrogen-bond acceptors (Lipinski definition) is 6. The molecule has 1 unspecified atom stereocenters. The summed E-state index contributed by atoms with van der Waals surface area (Å²) in [4.78, 5) is 14.4. The van der Waals surface area contributed by atoms with Crippen molar-refractivity contribution in [2.24, 2.45) is 0 Å². The monoisotopic (exact) mass is 441 g/mol. The van der Waals surface area contributed by atoms with Gasteiger partial charge in [0.05, 0.1) is 10.2 Å². The number of nitrogens with one attached hydrogen (secondary N) is 2. The maximum absolute atomic E-state index is 11.5. The van der Waals surface area contributed by atoms with Crippen LogP contribution in [0.5, 0.6) is 11.5 Å². The summed E-state index contributed by atoms with van der Waals surface area (Å²) in [6, 6.07) is 10.1. The van der Waals surface area contributed by atoms with Crippen LogP contribution >= 0.6 is 11.3 Å². The largest absolute Gasteiger partial charge is 0.504 e. The molecule has 7 heteroatoms. The highest BCUT2D eigenvalue weighted by atomic mass is 32.1. The summed E-state index contributed by atoms with van der Waals surface area (Å²) in [5.74, 6) is 0.0171. The van der Waals surface area contributed by atoms with Gasteiger partial charge in [-0.3, -0.25) is 10.2 Å². The molecule has 1 aliphatic carbocycles. The number of nitrogens with zero attached hydrogens (tertiary/aromatic N) is 1. The van der Waals surface area contributed by atoms with E-state index in [1.165, 1.54) is 29.7 Å². The average Bonchev–Trinajstić information content (AvgIpc) is 3.14. The predicted octanol–water partition coefficient (Wildman–Crippen LogP) is 4.10. The number of fused-ring (bicyclic) bond motifs is 2. The Morgan fingerprint density at radius 1 is 1.23 bits per heavy atom. The normalized spacial score (nSPS) is 16.1. The smallest absolute Gasteiger partial charge is 0.305 e. The molecule has 0 fully saturated rings. The van der Waals surface area contributed by atoms with Gasteiger partial charge in [-0.25, -0.2) is 5.01 Å². The highest BCUT2D eigenvalue weighted by molar-refractivity contribution is 7.16. The first-order valence-electron chi connectivity index (χ1n) is 11.2. The molecule has 0 aliphatic heterocycles. The van der Waals surface area contributed by atoms with Gasteiger partial charge in [0.1, 0.15) is 0 Å². The maximum atomic E-state index is 11.5. The highest BCUT2D eigenvalue weighted by Gasteiger charge is 2.26. The van der Waals surface area contributed by atoms with Crippen molar-refractivity contribution < 1.29 is 10.2 Å². The van der Waals surface area contributed by atoms with E-state index in [-0.39, 0.29) is 16.4 Å². The van der Waals surface area contributed by atoms with Crippen molar-refractivity contribution >= 4 is 21.6 Å². The molecule has 4 N–H and O–H groups in total. The second kappa shape index (κ2) is 9.85. The third-order valence-electron chi connectivity index (χ3n) is 6.20. The first-order valence-corrected chi connectivity index (χ1v) is 12.0. The van der Waals surface area contributed by atoms with E-state index >= 15 is 0 Å². The molecule has 6 nitrogen and oxygen atoms in total. The van der Waals surface area contributed by atoms with Crippen molar-refractivity contribution in [2.45, 2.75) is 57.9 Å². The van der Waals surface area contributed by atoms with Crippen LogP contribution < -0.4 is 10.3 Å². The van der Waals surface area contributed by atoms with Crippen molar-refractivity contribution in [3.8, 4) is 11.5 Å². The highest BCUT2D eigenvalue weighted by Crippen LogP contribution is 2.36. The van der Waals surface area contributed by atoms with Crippen LogP contribution in [0.3, 0.4) is 0 Å². The Morgan fingerprint density at radius 2 is 2.10 bits per heavy atom. The zero-order valence-corrected chi connectivity index (χ0v) is 18.8. The first-order chi connectivity index (χ1) is 15.0. The zero-order chi connectivity index (χ0) is 21.8.